The van der Waals surface area contributed by atoms with Crippen molar-refractivity contribution in [2.45, 2.75) is 33.2 Å². The van der Waals surface area contributed by atoms with Crippen LogP contribution in [0.4, 0.5) is 5.69 Å². The van der Waals surface area contributed by atoms with E-state index in [-0.39, 0.29) is 18.5 Å². The lowest BCUT2D eigenvalue weighted by molar-refractivity contribution is -0.120. The molecule has 0 saturated carbocycles. The molecule has 2 rings (SSSR count). The van der Waals surface area contributed by atoms with E-state index in [0.29, 0.717) is 17.1 Å². The zero-order chi connectivity index (χ0) is 20.2. The molecule has 1 unspecified atom stereocenters. The van der Waals surface area contributed by atoms with Crippen molar-refractivity contribution in [3.8, 4) is 0 Å². The van der Waals surface area contributed by atoms with Gasteiger partial charge in [0.05, 0.1) is 18.0 Å². The van der Waals surface area contributed by atoms with Gasteiger partial charge < -0.3 is 5.32 Å². The molecular weight excluding hydrogens is 384 g/mol. The Morgan fingerprint density at radius 2 is 1.78 bits per heavy atom. The number of rotatable bonds is 7. The van der Waals surface area contributed by atoms with Crippen molar-refractivity contribution >= 4 is 33.2 Å². The third-order valence-corrected chi connectivity index (χ3v) is 5.71. The summed E-state index contributed by atoms with van der Waals surface area (Å²) in [7, 11) is -3.65. The highest BCUT2D eigenvalue weighted by Crippen LogP contribution is 2.26. The maximum absolute atomic E-state index is 12.6. The first kappa shape index (κ1) is 21.3. The molecule has 0 saturated heterocycles. The molecule has 0 aliphatic heterocycles. The molecule has 0 aliphatic rings. The minimum absolute atomic E-state index is 0.181. The third kappa shape index (κ3) is 5.71. The molecule has 0 heterocycles. The maximum Gasteiger partial charge on any atom is 0.241 e. The van der Waals surface area contributed by atoms with E-state index >= 15 is 0 Å². The number of nitrogens with one attached hydrogen (secondary N) is 1. The number of aryl methyl sites for hydroxylation is 2. The fraction of sp³-hybridized carbons (Fsp3) is 0.350. The molecule has 0 fully saturated rings. The quantitative estimate of drug-likeness (QED) is 0.753. The molecule has 0 aliphatic carbocycles. The number of hydrogen-bond acceptors (Lipinski definition) is 3. The normalized spacial score (nSPS) is 12.5. The van der Waals surface area contributed by atoms with Crippen LogP contribution in [0, 0.1) is 13.8 Å². The first-order chi connectivity index (χ1) is 12.6. The first-order valence-electron chi connectivity index (χ1n) is 8.71. The predicted octanol–water partition coefficient (Wildman–Crippen LogP) is 3.99. The van der Waals surface area contributed by atoms with Crippen LogP contribution in [0.3, 0.4) is 0 Å². The molecule has 146 valence electrons. The lowest BCUT2D eigenvalue weighted by atomic mass is 10.0. The average molecular weight is 409 g/mol. The number of amides is 1. The second-order valence-electron chi connectivity index (χ2n) is 6.64. The molecule has 5 nitrogen and oxygen atoms in total. The molecule has 7 heteroatoms. The number of carbonyl (C=O) groups excluding carboxylic acids is 1. The van der Waals surface area contributed by atoms with Crippen LogP contribution in [-0.2, 0) is 14.8 Å². The fourth-order valence-electron chi connectivity index (χ4n) is 2.82. The number of nitrogens with zero attached hydrogens (tertiary/aromatic N) is 1. The van der Waals surface area contributed by atoms with Crippen LogP contribution in [-0.4, -0.2) is 27.1 Å². The Balaban J connectivity index is 2.23. The highest BCUT2D eigenvalue weighted by atomic mass is 35.5. The standard InChI is InChI=1S/C20H25ClN2O3S/c1-5-18(16-9-6-14(2)7-10-16)22-20(24)13-23(27(4,25)26)19-12-17(21)11-8-15(19)3/h6-12,18H,5,13H2,1-4H3,(H,22,24). The number of halogens is 1. The number of carbonyl (C=O) groups is 1. The summed E-state index contributed by atoms with van der Waals surface area (Å²) in [5, 5.41) is 3.34. The number of sulfonamides is 1. The molecule has 1 amide bonds. The van der Waals surface area contributed by atoms with Gasteiger partial charge in [0.1, 0.15) is 6.54 Å². The molecular formula is C20H25ClN2O3S. The van der Waals surface area contributed by atoms with Crippen molar-refractivity contribution in [3.63, 3.8) is 0 Å². The summed E-state index contributed by atoms with van der Waals surface area (Å²) in [5.74, 6) is -0.368. The molecule has 0 spiro atoms. The Bertz CT molecular complexity index is 911. The van der Waals surface area contributed by atoms with Crippen LogP contribution in [0.2, 0.25) is 5.02 Å². The van der Waals surface area contributed by atoms with Gasteiger partial charge in [-0.05, 0) is 43.5 Å². The Labute approximate surface area is 166 Å². The average Bonchev–Trinajstić information content (AvgIpc) is 2.60. The van der Waals surface area contributed by atoms with E-state index in [9.17, 15) is 13.2 Å². The predicted molar refractivity (Wildman–Crippen MR) is 111 cm³/mol. The minimum Gasteiger partial charge on any atom is -0.348 e. The second-order valence-corrected chi connectivity index (χ2v) is 8.98. The van der Waals surface area contributed by atoms with Gasteiger partial charge in [0.2, 0.25) is 15.9 Å². The van der Waals surface area contributed by atoms with Crippen LogP contribution in [0.15, 0.2) is 42.5 Å². The SMILES string of the molecule is CCC(NC(=O)CN(c1cc(Cl)ccc1C)S(C)(=O)=O)c1ccc(C)cc1. The zero-order valence-corrected chi connectivity index (χ0v) is 17.6. The summed E-state index contributed by atoms with van der Waals surface area (Å²) in [5.41, 5.74) is 3.26. The number of anilines is 1. The van der Waals surface area contributed by atoms with Crippen molar-refractivity contribution < 1.29 is 13.2 Å². The van der Waals surface area contributed by atoms with E-state index in [1.54, 1.807) is 25.1 Å². The van der Waals surface area contributed by atoms with E-state index in [4.69, 9.17) is 11.6 Å². The van der Waals surface area contributed by atoms with Gasteiger partial charge in [0, 0.05) is 5.02 Å². The van der Waals surface area contributed by atoms with Crippen molar-refractivity contribution in [1.29, 1.82) is 0 Å². The van der Waals surface area contributed by atoms with Crippen LogP contribution < -0.4 is 9.62 Å². The van der Waals surface area contributed by atoms with E-state index in [0.717, 1.165) is 27.3 Å². The van der Waals surface area contributed by atoms with E-state index in [1.807, 2.05) is 38.1 Å². The second kappa shape index (κ2) is 8.76. The van der Waals surface area contributed by atoms with Gasteiger partial charge in [-0.3, -0.25) is 9.10 Å². The van der Waals surface area contributed by atoms with Gasteiger partial charge in [0.15, 0.2) is 0 Å². The summed E-state index contributed by atoms with van der Waals surface area (Å²) in [6.07, 6.45) is 1.78. The molecule has 27 heavy (non-hydrogen) atoms. The van der Waals surface area contributed by atoms with E-state index in [1.165, 1.54) is 0 Å². The van der Waals surface area contributed by atoms with Gasteiger partial charge in [-0.2, -0.15) is 0 Å². The topological polar surface area (TPSA) is 66.5 Å². The number of hydrogen-bond donors (Lipinski definition) is 1. The van der Waals surface area contributed by atoms with Gasteiger partial charge >= 0.3 is 0 Å². The lowest BCUT2D eigenvalue weighted by Crippen LogP contribution is -2.41. The maximum atomic E-state index is 12.6. The summed E-state index contributed by atoms with van der Waals surface area (Å²) in [6, 6.07) is 12.7. The van der Waals surface area contributed by atoms with Crippen molar-refractivity contribution in [3.05, 3.63) is 64.2 Å². The van der Waals surface area contributed by atoms with Gasteiger partial charge in [-0.1, -0.05) is 54.4 Å². The third-order valence-electron chi connectivity index (χ3n) is 4.35. The van der Waals surface area contributed by atoms with Gasteiger partial charge in [-0.15, -0.1) is 0 Å². The van der Waals surface area contributed by atoms with Crippen molar-refractivity contribution in [2.75, 3.05) is 17.1 Å². The summed E-state index contributed by atoms with van der Waals surface area (Å²) >= 11 is 6.03. The van der Waals surface area contributed by atoms with E-state index < -0.39 is 10.0 Å². The van der Waals surface area contributed by atoms with Crippen LogP contribution in [0.25, 0.3) is 0 Å². The molecule has 0 radical (unpaired) electrons. The highest BCUT2D eigenvalue weighted by molar-refractivity contribution is 7.92. The fourth-order valence-corrected chi connectivity index (χ4v) is 3.89. The molecule has 0 aromatic heterocycles. The summed E-state index contributed by atoms with van der Waals surface area (Å²) < 4.78 is 25.7. The Morgan fingerprint density at radius 3 is 2.33 bits per heavy atom. The first-order valence-corrected chi connectivity index (χ1v) is 10.9. The molecule has 2 aromatic rings. The molecule has 2 aromatic carbocycles. The molecule has 1 atom stereocenters. The van der Waals surface area contributed by atoms with Gasteiger partial charge in [0.25, 0.3) is 0 Å². The monoisotopic (exact) mass is 408 g/mol. The van der Waals surface area contributed by atoms with Crippen LogP contribution >= 0.6 is 11.6 Å². The van der Waals surface area contributed by atoms with Crippen LogP contribution in [0.1, 0.15) is 36.1 Å². The van der Waals surface area contributed by atoms with Gasteiger partial charge in [-0.25, -0.2) is 8.42 Å². The largest absolute Gasteiger partial charge is 0.348 e. The minimum atomic E-state index is -3.65. The summed E-state index contributed by atoms with van der Waals surface area (Å²) in [4.78, 5) is 12.6. The summed E-state index contributed by atoms with van der Waals surface area (Å²) in [6.45, 7) is 5.45. The van der Waals surface area contributed by atoms with Crippen LogP contribution in [0.5, 0.6) is 0 Å². The number of benzene rings is 2. The Hall–Kier alpha value is -2.05. The lowest BCUT2D eigenvalue weighted by Gasteiger charge is -2.25. The Kier molecular flexibility index (Phi) is 6.89. The van der Waals surface area contributed by atoms with Crippen molar-refractivity contribution in [2.24, 2.45) is 0 Å². The highest BCUT2D eigenvalue weighted by Gasteiger charge is 2.24. The van der Waals surface area contributed by atoms with Crippen molar-refractivity contribution in [1.82, 2.24) is 5.32 Å². The molecule has 0 bridgehead atoms. The Morgan fingerprint density at radius 1 is 1.15 bits per heavy atom. The zero-order valence-electron chi connectivity index (χ0n) is 16.0. The molecule has 1 N–H and O–H groups in total. The van der Waals surface area contributed by atoms with E-state index in [2.05, 4.69) is 5.32 Å². The smallest absolute Gasteiger partial charge is 0.241 e.